The summed E-state index contributed by atoms with van der Waals surface area (Å²) in [6.07, 6.45) is 3.95. The zero-order valence-electron chi connectivity index (χ0n) is 38.4. The Kier molecular flexibility index (Phi) is 17.6. The number of aromatic nitrogens is 2. The van der Waals surface area contributed by atoms with E-state index in [-0.39, 0.29) is 57.2 Å². The normalized spacial score (nSPS) is 22.0. The third-order valence-corrected chi connectivity index (χ3v) is 17.1. The second-order valence-electron chi connectivity index (χ2n) is 17.0. The summed E-state index contributed by atoms with van der Waals surface area (Å²) in [5.74, 6) is 5.64. The van der Waals surface area contributed by atoms with E-state index in [9.17, 15) is 59.3 Å². The van der Waals surface area contributed by atoms with Crippen molar-refractivity contribution in [1.82, 2.24) is 9.55 Å². The van der Waals surface area contributed by atoms with Crippen LogP contribution in [-0.2, 0) is 62.6 Å². The van der Waals surface area contributed by atoms with Crippen LogP contribution in [0.5, 0.6) is 0 Å². The van der Waals surface area contributed by atoms with Gasteiger partial charge >= 0.3 is 58.7 Å². The number of unbranched alkanes of at least 4 members (excludes halogenated alkanes) is 2. The van der Waals surface area contributed by atoms with E-state index < -0.39 is 85.3 Å². The molecule has 0 saturated carbocycles. The summed E-state index contributed by atoms with van der Waals surface area (Å²) in [7, 11) is -26.4. The number of aliphatic hydroxyl groups excluding tert-OH is 1. The Morgan fingerprint density at radius 3 is 2.20 bits per heavy atom. The standard InChI is InChI=1S/C40H50N5O19P3S2.Na/c1-6-43-30-17-15-26(68(55,56)57)20-28(30)39(2,3)34(43)13-11-14-35-40(4,5)29-21-27(69(58,59)60)16-18-31(29)44(35)19-10-8-7-9-12-25-23-45(38(47)42-37(25)41)36-22-32(46)33(62-36)24-61-66(51,52)64-67(53,54)63-65(48,49)50;/h11,13-18,20-21,23,32-33,36,46H,6-8,10,19,22,24H2,1-5H3,(H7-,41,42,47,48,49,50,51,52,53,54,55,56,57,58,59,60);/q;+1/p-1/t32-,33-,36-;/m1./s1. The summed E-state index contributed by atoms with van der Waals surface area (Å²) >= 11 is 0. The molecule has 3 aliphatic heterocycles. The average Bonchev–Trinajstić information content (AvgIpc) is 3.76. The van der Waals surface area contributed by atoms with E-state index in [4.69, 9.17) is 20.3 Å². The maximum absolute atomic E-state index is 12.8. The molecule has 70 heavy (non-hydrogen) atoms. The Bertz CT molecular complexity index is 3160. The fourth-order valence-corrected chi connectivity index (χ4v) is 12.4. The van der Waals surface area contributed by atoms with Gasteiger partial charge in [0.1, 0.15) is 44.9 Å². The first-order valence-corrected chi connectivity index (χ1v) is 28.1. The molecule has 24 nitrogen and oxygen atoms in total. The number of nitrogens with two attached hydrogens (primary N) is 1. The van der Waals surface area contributed by atoms with Crippen LogP contribution in [0.3, 0.4) is 0 Å². The number of nitrogen functional groups attached to an aromatic ring is 1. The van der Waals surface area contributed by atoms with Gasteiger partial charge in [0.2, 0.25) is 5.69 Å². The summed E-state index contributed by atoms with van der Waals surface area (Å²) in [5, 5.41) is 10.5. The molecule has 4 heterocycles. The van der Waals surface area contributed by atoms with E-state index in [2.05, 4.69) is 30.0 Å². The van der Waals surface area contributed by atoms with Gasteiger partial charge in [0, 0.05) is 66.5 Å². The number of hydrogen-bond donors (Lipinski definition) is 6. The van der Waals surface area contributed by atoms with Crippen molar-refractivity contribution in [3.8, 4) is 11.8 Å². The van der Waals surface area contributed by atoms with Gasteiger partial charge in [0.15, 0.2) is 5.71 Å². The Morgan fingerprint density at radius 1 is 0.957 bits per heavy atom. The number of nitrogens with zero attached hydrogens (tertiary/aromatic N) is 4. The van der Waals surface area contributed by atoms with Gasteiger partial charge in [0.25, 0.3) is 0 Å². The summed E-state index contributed by atoms with van der Waals surface area (Å²) in [5.41, 5.74) is 8.11. The summed E-state index contributed by atoms with van der Waals surface area (Å²) in [4.78, 5) is 54.5. The Morgan fingerprint density at radius 2 is 1.59 bits per heavy atom. The van der Waals surface area contributed by atoms with Crippen LogP contribution < -0.4 is 45.9 Å². The number of ether oxygens (including phenoxy) is 1. The van der Waals surface area contributed by atoms with Crippen molar-refractivity contribution in [1.29, 1.82) is 0 Å². The molecule has 3 aliphatic rings. The van der Waals surface area contributed by atoms with E-state index in [1.54, 1.807) is 12.1 Å². The molecular weight excluding hydrogens is 1030 g/mol. The Balaban J connectivity index is 0.00000913. The number of hydrogen-bond acceptors (Lipinski definition) is 18. The largest absolute Gasteiger partial charge is 1.00 e. The third kappa shape index (κ3) is 13.1. The predicted molar refractivity (Wildman–Crippen MR) is 243 cm³/mol. The first kappa shape index (κ1) is 57.7. The zero-order chi connectivity index (χ0) is 51.3. The molecule has 7 N–H and O–H groups in total. The van der Waals surface area contributed by atoms with E-state index in [1.165, 1.54) is 30.5 Å². The minimum Gasteiger partial charge on any atom is -0.744 e. The smallest absolute Gasteiger partial charge is 0.744 e. The SMILES string of the molecule is CCN1C(=CC=CC2=[N+](CCCCC#Cc3cn([C@H]4C[C@@H](O)[C@@H](COP(=O)(O)OP(=O)(O)OP(=O)(O)O)O4)c(=O)nc3N)c3ccc(S(=O)(=O)[O-])cc3C2(C)C)C(C)(C)c2cc(S(=O)(=O)[O-])ccc21.[Na+]. The maximum Gasteiger partial charge on any atom is 1.00 e. The zero-order valence-corrected chi connectivity index (χ0v) is 44.7. The van der Waals surface area contributed by atoms with Crippen LogP contribution in [0.1, 0.15) is 83.2 Å². The van der Waals surface area contributed by atoms with E-state index >= 15 is 0 Å². The molecule has 3 aromatic rings. The average molecular weight is 1080 g/mol. The number of allylic oxidation sites excluding steroid dienone is 4. The van der Waals surface area contributed by atoms with Gasteiger partial charge in [-0.1, -0.05) is 31.8 Å². The van der Waals surface area contributed by atoms with E-state index in [1.807, 2.05) is 62.3 Å². The van der Waals surface area contributed by atoms with Crippen molar-refractivity contribution in [3.05, 3.63) is 93.7 Å². The third-order valence-electron chi connectivity index (χ3n) is 11.6. The maximum atomic E-state index is 12.8. The molecule has 2 aromatic carbocycles. The molecule has 0 amide bonds. The summed E-state index contributed by atoms with van der Waals surface area (Å²) < 4.78 is 127. The summed E-state index contributed by atoms with van der Waals surface area (Å²) in [6.45, 7) is 9.63. The molecule has 5 atom stereocenters. The Hall–Kier alpha value is -3.22. The minimum absolute atomic E-state index is 0. The van der Waals surface area contributed by atoms with Gasteiger partial charge < -0.3 is 49.2 Å². The molecule has 0 spiro atoms. The molecule has 0 aliphatic carbocycles. The quantitative estimate of drug-likeness (QED) is 0.0267. The molecular formula is C40H49N5NaO19P3S2. The van der Waals surface area contributed by atoms with Gasteiger partial charge in [-0.05, 0) is 69.2 Å². The van der Waals surface area contributed by atoms with E-state index in [0.29, 0.717) is 49.2 Å². The summed E-state index contributed by atoms with van der Waals surface area (Å²) in [6, 6.07) is 8.56. The molecule has 376 valence electrons. The molecule has 6 rings (SSSR count). The fourth-order valence-electron chi connectivity index (χ4n) is 8.36. The monoisotopic (exact) mass is 1080 g/mol. The van der Waals surface area contributed by atoms with Crippen molar-refractivity contribution >= 4 is 66.6 Å². The second-order valence-corrected chi connectivity index (χ2v) is 24.2. The molecule has 1 fully saturated rings. The van der Waals surface area contributed by atoms with Crippen molar-refractivity contribution in [3.63, 3.8) is 0 Å². The van der Waals surface area contributed by atoms with Gasteiger partial charge in [-0.2, -0.15) is 18.2 Å². The van der Waals surface area contributed by atoms with Crippen LogP contribution in [0.25, 0.3) is 0 Å². The first-order valence-electron chi connectivity index (χ1n) is 20.8. The van der Waals surface area contributed by atoms with Crippen LogP contribution >= 0.6 is 23.5 Å². The number of rotatable bonds is 17. The van der Waals surface area contributed by atoms with Crippen LogP contribution in [-0.4, -0.2) is 102 Å². The Labute approximate surface area is 425 Å². The topological polar surface area (TPSA) is 371 Å². The number of anilines is 2. The predicted octanol–water partition coefficient (Wildman–Crippen LogP) is 0.485. The molecule has 0 bridgehead atoms. The molecule has 30 heteroatoms. The minimum atomic E-state index is -5.79. The second kappa shape index (κ2) is 21.3. The number of benzene rings is 2. The van der Waals surface area contributed by atoms with Crippen molar-refractivity contribution in [2.45, 2.75) is 99.4 Å². The van der Waals surface area contributed by atoms with Crippen LogP contribution in [0.15, 0.2) is 81.1 Å². The van der Waals surface area contributed by atoms with Gasteiger partial charge in [-0.15, -0.1) is 0 Å². The first-order chi connectivity index (χ1) is 31.8. The molecule has 2 unspecified atom stereocenters. The van der Waals surface area contributed by atoms with Gasteiger partial charge in [-0.25, -0.2) is 35.3 Å². The molecule has 1 saturated heterocycles. The van der Waals surface area contributed by atoms with Crippen molar-refractivity contribution in [2.75, 3.05) is 30.3 Å². The number of phosphoric acid groups is 3. The van der Waals surface area contributed by atoms with Crippen molar-refractivity contribution < 1.29 is 116 Å². The van der Waals surface area contributed by atoms with Crippen molar-refractivity contribution in [2.24, 2.45) is 0 Å². The van der Waals surface area contributed by atoms with Crippen LogP contribution in [0.2, 0.25) is 0 Å². The van der Waals surface area contributed by atoms with E-state index in [0.717, 1.165) is 21.7 Å². The van der Waals surface area contributed by atoms with Gasteiger partial charge in [-0.3, -0.25) is 9.09 Å². The number of aliphatic hydroxyl groups is 1. The fraction of sp³-hybridized carbons (Fsp3) is 0.425. The number of phosphoric ester groups is 1. The molecule has 0 radical (unpaired) electrons. The molecule has 1 aromatic heterocycles. The number of fused-ring (bicyclic) bond motifs is 2. The van der Waals surface area contributed by atoms with Gasteiger partial charge in [0.05, 0.1) is 33.5 Å². The van der Waals surface area contributed by atoms with Crippen LogP contribution in [0, 0.1) is 11.8 Å². The van der Waals surface area contributed by atoms with Crippen LogP contribution in [0.4, 0.5) is 17.2 Å². The number of likely N-dealkylation sites (N-methyl/N-ethyl adjacent to an activating group) is 1.